The van der Waals surface area contributed by atoms with Crippen molar-refractivity contribution in [1.82, 2.24) is 0 Å². The Kier molecular flexibility index (Phi) is 7.12. The highest BCUT2D eigenvalue weighted by Crippen LogP contribution is 2.45. The van der Waals surface area contributed by atoms with Crippen LogP contribution in [0.4, 0.5) is 5.69 Å². The van der Waals surface area contributed by atoms with Crippen LogP contribution in [0.3, 0.4) is 0 Å². The number of thioether (sulfide) groups is 1. The van der Waals surface area contributed by atoms with E-state index in [1.807, 2.05) is 46.7 Å². The summed E-state index contributed by atoms with van der Waals surface area (Å²) in [7, 11) is 0. The van der Waals surface area contributed by atoms with E-state index in [0.717, 1.165) is 41.3 Å². The molecule has 0 N–H and O–H groups in total. The highest BCUT2D eigenvalue weighted by atomic mass is 32.2. The smallest absolute Gasteiger partial charge is 0.325 e. The monoisotopic (exact) mass is 401 g/mol. The fourth-order valence-corrected chi connectivity index (χ4v) is 4.54. The van der Waals surface area contributed by atoms with Gasteiger partial charge in [0.25, 0.3) is 0 Å². The van der Waals surface area contributed by atoms with E-state index in [0.29, 0.717) is 11.5 Å². The molecule has 0 atom stereocenters. The Morgan fingerprint density at radius 1 is 1.11 bits per heavy atom. The van der Waals surface area contributed by atoms with Crippen LogP contribution in [-0.4, -0.2) is 24.9 Å². The number of ketones is 1. The molecule has 0 spiro atoms. The number of allylic oxidation sites excluding steroid dienone is 1. The molecule has 0 radical (unpaired) electrons. The van der Waals surface area contributed by atoms with Gasteiger partial charge in [0, 0.05) is 11.0 Å². The second-order valence-electron chi connectivity index (χ2n) is 6.26. The average Bonchev–Trinajstić information content (AvgIpc) is 3.31. The fraction of sp³-hybridized carbons (Fsp3) is 0.333. The van der Waals surface area contributed by atoms with E-state index >= 15 is 0 Å². The number of ether oxygens (including phenoxy) is 1. The van der Waals surface area contributed by atoms with Crippen LogP contribution in [0.5, 0.6) is 0 Å². The van der Waals surface area contributed by atoms with Crippen molar-refractivity contribution in [3.63, 3.8) is 0 Å². The van der Waals surface area contributed by atoms with Gasteiger partial charge in [0.1, 0.15) is 6.54 Å². The number of esters is 1. The van der Waals surface area contributed by atoms with Gasteiger partial charge < -0.3 is 9.64 Å². The van der Waals surface area contributed by atoms with Gasteiger partial charge in [-0.05, 0) is 30.0 Å². The zero-order valence-electron chi connectivity index (χ0n) is 15.3. The van der Waals surface area contributed by atoms with Crippen LogP contribution >= 0.6 is 23.1 Å². The first-order valence-corrected chi connectivity index (χ1v) is 10.9. The number of unbranched alkanes of at least 4 members (excludes halogenated alkanes) is 3. The molecule has 0 unspecified atom stereocenters. The van der Waals surface area contributed by atoms with Crippen molar-refractivity contribution in [2.75, 3.05) is 18.1 Å². The minimum Gasteiger partial charge on any atom is -0.464 e. The van der Waals surface area contributed by atoms with Crippen molar-refractivity contribution in [3.05, 3.63) is 57.8 Å². The number of rotatable bonds is 9. The van der Waals surface area contributed by atoms with Gasteiger partial charge in [-0.3, -0.25) is 9.59 Å². The maximum absolute atomic E-state index is 12.5. The zero-order chi connectivity index (χ0) is 19.1. The third-order valence-electron chi connectivity index (χ3n) is 4.20. The van der Waals surface area contributed by atoms with Crippen molar-refractivity contribution in [2.24, 2.45) is 0 Å². The number of nitrogens with zero attached hydrogens (tertiary/aromatic N) is 1. The van der Waals surface area contributed by atoms with E-state index in [-0.39, 0.29) is 18.3 Å². The first kappa shape index (κ1) is 19.7. The summed E-state index contributed by atoms with van der Waals surface area (Å²) >= 11 is 2.93. The van der Waals surface area contributed by atoms with Gasteiger partial charge in [-0.2, -0.15) is 0 Å². The number of hydrogen-bond acceptors (Lipinski definition) is 6. The molecule has 0 saturated heterocycles. The Morgan fingerprint density at radius 3 is 2.74 bits per heavy atom. The average molecular weight is 402 g/mol. The lowest BCUT2D eigenvalue weighted by atomic mass is 10.2. The van der Waals surface area contributed by atoms with E-state index in [1.54, 1.807) is 6.08 Å². The second-order valence-corrected chi connectivity index (χ2v) is 8.27. The van der Waals surface area contributed by atoms with Crippen LogP contribution in [0.1, 0.15) is 42.3 Å². The Hall–Kier alpha value is -2.05. The molecule has 1 aliphatic rings. The summed E-state index contributed by atoms with van der Waals surface area (Å²) in [5, 5.41) is 2.65. The van der Waals surface area contributed by atoms with Gasteiger partial charge in [-0.15, -0.1) is 11.3 Å². The summed E-state index contributed by atoms with van der Waals surface area (Å²) in [4.78, 5) is 28.4. The third kappa shape index (κ3) is 5.23. The largest absolute Gasteiger partial charge is 0.464 e. The molecule has 0 fully saturated rings. The van der Waals surface area contributed by atoms with Crippen LogP contribution in [0.2, 0.25) is 0 Å². The van der Waals surface area contributed by atoms with E-state index in [2.05, 4.69) is 6.92 Å². The molecule has 142 valence electrons. The van der Waals surface area contributed by atoms with Gasteiger partial charge in [0.15, 0.2) is 5.78 Å². The summed E-state index contributed by atoms with van der Waals surface area (Å²) < 4.78 is 5.39. The topological polar surface area (TPSA) is 46.6 Å². The number of carbonyl (C=O) groups is 2. The molecule has 1 aromatic heterocycles. The predicted octanol–water partition coefficient (Wildman–Crippen LogP) is 5.51. The van der Waals surface area contributed by atoms with Crippen LogP contribution < -0.4 is 4.90 Å². The van der Waals surface area contributed by atoms with Crippen LogP contribution in [0, 0.1) is 0 Å². The molecule has 0 bridgehead atoms. The number of fused-ring (bicyclic) bond motifs is 1. The van der Waals surface area contributed by atoms with Gasteiger partial charge in [-0.1, -0.05) is 56.1 Å². The Bertz CT molecular complexity index is 815. The second kappa shape index (κ2) is 9.76. The Morgan fingerprint density at radius 2 is 1.96 bits per heavy atom. The molecule has 4 nitrogen and oxygen atoms in total. The Labute approximate surface area is 168 Å². The number of carbonyl (C=O) groups excluding carboxylic acids is 2. The highest BCUT2D eigenvalue weighted by Gasteiger charge is 2.28. The van der Waals surface area contributed by atoms with Crippen molar-refractivity contribution >= 4 is 40.5 Å². The first-order valence-electron chi connectivity index (χ1n) is 9.18. The molecule has 0 saturated carbocycles. The summed E-state index contributed by atoms with van der Waals surface area (Å²) in [6, 6.07) is 11.5. The van der Waals surface area contributed by atoms with E-state index in [1.165, 1.54) is 23.1 Å². The standard InChI is InChI=1S/C21H23NO3S2/c1-2-3-4-7-12-25-21(24)15-22-16-9-5-6-10-18(16)27-20(22)14-17(23)19-11-8-13-26-19/h5-6,8-11,13-14H,2-4,7,12,15H2,1H3/b20-14+. The minimum atomic E-state index is -0.265. The highest BCUT2D eigenvalue weighted by molar-refractivity contribution is 8.03. The van der Waals surface area contributed by atoms with Crippen LogP contribution in [0.15, 0.2) is 57.8 Å². The normalized spacial score (nSPS) is 14.4. The van der Waals surface area contributed by atoms with Gasteiger partial charge in [0.05, 0.1) is 22.2 Å². The van der Waals surface area contributed by atoms with E-state index in [9.17, 15) is 9.59 Å². The Balaban J connectivity index is 1.69. The molecule has 27 heavy (non-hydrogen) atoms. The van der Waals surface area contributed by atoms with Crippen molar-refractivity contribution in [3.8, 4) is 0 Å². The van der Waals surface area contributed by atoms with E-state index < -0.39 is 0 Å². The molecule has 1 aliphatic heterocycles. The molecule has 3 rings (SSSR count). The molecular formula is C21H23NO3S2. The quantitative estimate of drug-likeness (QED) is 0.240. The van der Waals surface area contributed by atoms with Crippen molar-refractivity contribution in [2.45, 2.75) is 37.5 Å². The predicted molar refractivity (Wildman–Crippen MR) is 111 cm³/mol. The fourth-order valence-electron chi connectivity index (χ4n) is 2.82. The van der Waals surface area contributed by atoms with Gasteiger partial charge in [0.2, 0.25) is 0 Å². The summed E-state index contributed by atoms with van der Waals surface area (Å²) in [5.41, 5.74) is 0.940. The maximum Gasteiger partial charge on any atom is 0.325 e. The molecule has 1 aromatic carbocycles. The van der Waals surface area contributed by atoms with Gasteiger partial charge >= 0.3 is 5.97 Å². The van der Waals surface area contributed by atoms with Crippen molar-refractivity contribution < 1.29 is 14.3 Å². The lowest BCUT2D eigenvalue weighted by Gasteiger charge is -2.19. The summed E-state index contributed by atoms with van der Waals surface area (Å²) in [5.74, 6) is -0.309. The maximum atomic E-state index is 12.5. The summed E-state index contributed by atoms with van der Waals surface area (Å²) in [6.45, 7) is 2.72. The SMILES string of the molecule is CCCCCCOC(=O)CN1/C(=C\C(=O)c2cccs2)Sc2ccccc21. The molecule has 2 heterocycles. The molecular weight excluding hydrogens is 378 g/mol. The minimum absolute atomic E-state index is 0.0433. The number of benzene rings is 1. The number of hydrogen-bond donors (Lipinski definition) is 0. The lowest BCUT2D eigenvalue weighted by Crippen LogP contribution is -2.28. The first-order chi connectivity index (χ1) is 13.2. The van der Waals surface area contributed by atoms with Crippen LogP contribution in [0.25, 0.3) is 0 Å². The number of anilines is 1. The van der Waals surface area contributed by atoms with E-state index in [4.69, 9.17) is 4.74 Å². The zero-order valence-corrected chi connectivity index (χ0v) is 17.0. The van der Waals surface area contributed by atoms with Crippen molar-refractivity contribution in [1.29, 1.82) is 0 Å². The molecule has 6 heteroatoms. The number of para-hydroxylation sites is 1. The summed E-state index contributed by atoms with van der Waals surface area (Å²) in [6.07, 6.45) is 5.90. The van der Waals surface area contributed by atoms with Crippen LogP contribution in [-0.2, 0) is 9.53 Å². The lowest BCUT2D eigenvalue weighted by molar-refractivity contribution is -0.142. The number of thiophene rings is 1. The molecule has 0 aliphatic carbocycles. The van der Waals surface area contributed by atoms with Gasteiger partial charge in [-0.25, -0.2) is 0 Å². The third-order valence-corrected chi connectivity index (χ3v) is 6.20. The molecule has 0 amide bonds. The molecule has 2 aromatic rings.